The number of ether oxygens (including phenoxy) is 2. The molecule has 1 saturated heterocycles. The van der Waals surface area contributed by atoms with Gasteiger partial charge in [-0.1, -0.05) is 0 Å². The second kappa shape index (κ2) is 2.23. The smallest absolute Gasteiger partial charge is 0.338 e. The molecule has 0 N–H and O–H groups in total. The topological polar surface area (TPSA) is 38.8 Å². The van der Waals surface area contributed by atoms with Crippen LogP contribution in [0.1, 0.15) is 20.8 Å². The van der Waals surface area contributed by atoms with E-state index in [-0.39, 0.29) is 17.7 Å². The van der Waals surface area contributed by atoms with Gasteiger partial charge >= 0.3 is 5.97 Å². The highest BCUT2D eigenvalue weighted by molar-refractivity contribution is 5.77. The Morgan fingerprint density at radius 1 is 1.60 bits per heavy atom. The van der Waals surface area contributed by atoms with Crippen molar-refractivity contribution in [1.82, 2.24) is 0 Å². The summed E-state index contributed by atoms with van der Waals surface area (Å²) in [6.07, 6.45) is -0.278. The molecule has 1 heterocycles. The molecule has 1 rings (SSSR count). The van der Waals surface area contributed by atoms with Crippen molar-refractivity contribution in [3.05, 3.63) is 0 Å². The lowest BCUT2D eigenvalue weighted by molar-refractivity contribution is -0.156. The summed E-state index contributed by atoms with van der Waals surface area (Å²) in [6.45, 7) is 6.04. The van der Waals surface area contributed by atoms with Crippen LogP contribution in [-0.2, 0) is 14.3 Å². The van der Waals surface area contributed by atoms with Crippen LogP contribution in [0.4, 0.5) is 0 Å². The highest BCUT2D eigenvalue weighted by atomic mass is 16.6. The number of hydrogen-bond acceptors (Lipinski definition) is 3. The zero-order chi connectivity index (χ0) is 7.78. The quantitative estimate of drug-likeness (QED) is 0.402. The van der Waals surface area contributed by atoms with Gasteiger partial charge in [0.25, 0.3) is 0 Å². The van der Waals surface area contributed by atoms with E-state index < -0.39 is 0 Å². The standard InChI is InChI=1S/C7H12O3/c1-7(2,3)10-6(8)5-4-9-5/h5H,4H2,1-3H3. The van der Waals surface area contributed by atoms with Gasteiger partial charge < -0.3 is 9.47 Å². The molecule has 0 aromatic carbocycles. The fourth-order valence-electron chi connectivity index (χ4n) is 0.552. The van der Waals surface area contributed by atoms with Crippen molar-refractivity contribution < 1.29 is 14.3 Å². The molecule has 0 spiro atoms. The predicted octanol–water partition coefficient (Wildman–Crippen LogP) is 0.727. The molecule has 1 fully saturated rings. The average molecular weight is 144 g/mol. The fourth-order valence-corrected chi connectivity index (χ4v) is 0.552. The van der Waals surface area contributed by atoms with E-state index in [9.17, 15) is 4.79 Å². The van der Waals surface area contributed by atoms with Gasteiger partial charge in [-0.3, -0.25) is 0 Å². The van der Waals surface area contributed by atoms with Crippen LogP contribution >= 0.6 is 0 Å². The van der Waals surface area contributed by atoms with Gasteiger partial charge in [0.05, 0.1) is 6.61 Å². The highest BCUT2D eigenvalue weighted by Crippen LogP contribution is 2.15. The van der Waals surface area contributed by atoms with E-state index in [0.29, 0.717) is 6.61 Å². The van der Waals surface area contributed by atoms with Gasteiger partial charge in [0, 0.05) is 0 Å². The van der Waals surface area contributed by atoms with E-state index in [1.807, 2.05) is 20.8 Å². The number of carbonyl (C=O) groups excluding carboxylic acids is 1. The van der Waals surface area contributed by atoms with Gasteiger partial charge in [0.2, 0.25) is 0 Å². The Bertz CT molecular complexity index is 141. The molecule has 0 aromatic rings. The van der Waals surface area contributed by atoms with Gasteiger partial charge in [0.15, 0.2) is 6.10 Å². The van der Waals surface area contributed by atoms with E-state index >= 15 is 0 Å². The molecule has 1 unspecified atom stereocenters. The third-order valence-electron chi connectivity index (χ3n) is 1.00. The molecule has 3 heteroatoms. The summed E-state index contributed by atoms with van der Waals surface area (Å²) >= 11 is 0. The third-order valence-corrected chi connectivity index (χ3v) is 1.00. The number of epoxide rings is 1. The molecule has 10 heavy (non-hydrogen) atoms. The van der Waals surface area contributed by atoms with E-state index in [1.165, 1.54) is 0 Å². The van der Waals surface area contributed by atoms with Crippen molar-refractivity contribution in [3.8, 4) is 0 Å². The van der Waals surface area contributed by atoms with Gasteiger partial charge in [-0.15, -0.1) is 0 Å². The summed E-state index contributed by atoms with van der Waals surface area (Å²) in [5.74, 6) is -0.243. The minimum absolute atomic E-state index is 0.243. The molecule has 58 valence electrons. The fraction of sp³-hybridized carbons (Fsp3) is 0.857. The Morgan fingerprint density at radius 3 is 2.40 bits per heavy atom. The lowest BCUT2D eigenvalue weighted by atomic mass is 10.2. The molecule has 0 bridgehead atoms. The highest BCUT2D eigenvalue weighted by Gasteiger charge is 2.35. The Hall–Kier alpha value is -0.570. The summed E-state index contributed by atoms with van der Waals surface area (Å²) in [5, 5.41) is 0. The molecule has 0 amide bonds. The molecule has 3 nitrogen and oxygen atoms in total. The van der Waals surface area contributed by atoms with E-state index in [2.05, 4.69) is 0 Å². The molecule has 0 aromatic heterocycles. The van der Waals surface area contributed by atoms with Gasteiger partial charge in [0.1, 0.15) is 5.60 Å². The van der Waals surface area contributed by atoms with E-state index in [4.69, 9.17) is 9.47 Å². The number of rotatable bonds is 1. The summed E-state index contributed by atoms with van der Waals surface area (Å²) < 4.78 is 9.74. The molecule has 1 aliphatic heterocycles. The SMILES string of the molecule is CC(C)(C)OC(=O)C1CO1. The molecule has 0 saturated carbocycles. The van der Waals surface area contributed by atoms with Crippen molar-refractivity contribution in [1.29, 1.82) is 0 Å². The Morgan fingerprint density at radius 2 is 2.10 bits per heavy atom. The summed E-state index contributed by atoms with van der Waals surface area (Å²) in [7, 11) is 0. The predicted molar refractivity (Wildman–Crippen MR) is 35.6 cm³/mol. The minimum atomic E-state index is -0.386. The van der Waals surface area contributed by atoms with Crippen LogP contribution in [0, 0.1) is 0 Å². The van der Waals surface area contributed by atoms with Crippen LogP contribution in [0.15, 0.2) is 0 Å². The first-order valence-corrected chi connectivity index (χ1v) is 3.33. The Balaban J connectivity index is 2.30. The van der Waals surface area contributed by atoms with Gasteiger partial charge in [-0.2, -0.15) is 0 Å². The first-order chi connectivity index (χ1) is 4.49. The molecule has 0 aliphatic carbocycles. The molecular formula is C7H12O3. The van der Waals surface area contributed by atoms with Crippen LogP contribution in [0.5, 0.6) is 0 Å². The average Bonchev–Trinajstić information content (AvgIpc) is 2.35. The van der Waals surface area contributed by atoms with Crippen molar-refractivity contribution >= 4 is 5.97 Å². The lowest BCUT2D eigenvalue weighted by Gasteiger charge is -2.18. The van der Waals surface area contributed by atoms with Crippen LogP contribution < -0.4 is 0 Å². The molecule has 1 aliphatic rings. The van der Waals surface area contributed by atoms with Crippen LogP contribution in [0.25, 0.3) is 0 Å². The Labute approximate surface area is 60.3 Å². The summed E-state index contributed by atoms with van der Waals surface area (Å²) in [4.78, 5) is 10.9. The number of carbonyl (C=O) groups is 1. The van der Waals surface area contributed by atoms with Crippen LogP contribution in [0.2, 0.25) is 0 Å². The van der Waals surface area contributed by atoms with Crippen molar-refractivity contribution in [2.24, 2.45) is 0 Å². The first kappa shape index (κ1) is 7.54. The van der Waals surface area contributed by atoms with Crippen molar-refractivity contribution in [2.75, 3.05) is 6.61 Å². The largest absolute Gasteiger partial charge is 0.458 e. The van der Waals surface area contributed by atoms with Crippen LogP contribution in [-0.4, -0.2) is 24.3 Å². The normalized spacial score (nSPS) is 24.1. The van der Waals surface area contributed by atoms with E-state index in [1.54, 1.807) is 0 Å². The number of esters is 1. The van der Waals surface area contributed by atoms with Gasteiger partial charge in [-0.25, -0.2) is 4.79 Å². The van der Waals surface area contributed by atoms with Gasteiger partial charge in [-0.05, 0) is 20.8 Å². The zero-order valence-electron chi connectivity index (χ0n) is 6.51. The second-order valence-corrected chi connectivity index (χ2v) is 3.36. The molecule has 0 radical (unpaired) electrons. The Kier molecular flexibility index (Phi) is 1.68. The number of hydrogen-bond donors (Lipinski definition) is 0. The lowest BCUT2D eigenvalue weighted by Crippen LogP contribution is -2.26. The third kappa shape index (κ3) is 2.35. The first-order valence-electron chi connectivity index (χ1n) is 3.33. The minimum Gasteiger partial charge on any atom is -0.458 e. The maximum absolute atomic E-state index is 10.9. The molecule has 1 atom stereocenters. The second-order valence-electron chi connectivity index (χ2n) is 3.36. The van der Waals surface area contributed by atoms with E-state index in [0.717, 1.165) is 0 Å². The van der Waals surface area contributed by atoms with Crippen molar-refractivity contribution in [2.45, 2.75) is 32.5 Å². The maximum atomic E-state index is 10.9. The molecular weight excluding hydrogens is 132 g/mol. The zero-order valence-corrected chi connectivity index (χ0v) is 6.51. The monoisotopic (exact) mass is 144 g/mol. The van der Waals surface area contributed by atoms with Crippen LogP contribution in [0.3, 0.4) is 0 Å². The summed E-state index contributed by atoms with van der Waals surface area (Å²) in [6, 6.07) is 0. The summed E-state index contributed by atoms with van der Waals surface area (Å²) in [5.41, 5.74) is -0.386. The maximum Gasteiger partial charge on any atom is 0.338 e. The van der Waals surface area contributed by atoms with Crippen molar-refractivity contribution in [3.63, 3.8) is 0 Å².